The SMILES string of the molecule is CCCc1nc([C@@H]2CN([C@H](C)C(=O)Nc3cc(C)on3)CCO2)n[nH]1. The number of aromatic amines is 1. The van der Waals surface area contributed by atoms with Gasteiger partial charge >= 0.3 is 0 Å². The molecule has 0 saturated carbocycles. The Kier molecular flexibility index (Phi) is 5.44. The number of morpholine rings is 1. The van der Waals surface area contributed by atoms with Gasteiger partial charge in [-0.2, -0.15) is 5.10 Å². The fraction of sp³-hybridized carbons (Fsp3) is 0.625. The Labute approximate surface area is 146 Å². The molecule has 1 saturated heterocycles. The lowest BCUT2D eigenvalue weighted by molar-refractivity contribution is -0.124. The molecule has 136 valence electrons. The maximum Gasteiger partial charge on any atom is 0.242 e. The monoisotopic (exact) mass is 348 g/mol. The van der Waals surface area contributed by atoms with Gasteiger partial charge in [-0.25, -0.2) is 4.98 Å². The van der Waals surface area contributed by atoms with E-state index >= 15 is 0 Å². The van der Waals surface area contributed by atoms with E-state index in [0.717, 1.165) is 18.7 Å². The van der Waals surface area contributed by atoms with E-state index in [1.165, 1.54) is 0 Å². The van der Waals surface area contributed by atoms with Crippen molar-refractivity contribution in [2.24, 2.45) is 0 Å². The molecule has 0 radical (unpaired) electrons. The lowest BCUT2D eigenvalue weighted by Crippen LogP contribution is -2.48. The van der Waals surface area contributed by atoms with Crippen molar-refractivity contribution in [3.8, 4) is 0 Å². The quantitative estimate of drug-likeness (QED) is 0.813. The predicted octanol–water partition coefficient (Wildman–Crippen LogP) is 1.45. The van der Waals surface area contributed by atoms with Gasteiger partial charge in [0.1, 0.15) is 17.7 Å². The van der Waals surface area contributed by atoms with Crippen molar-refractivity contribution in [3.63, 3.8) is 0 Å². The molecule has 9 heteroatoms. The highest BCUT2D eigenvalue weighted by Gasteiger charge is 2.31. The molecule has 2 N–H and O–H groups in total. The summed E-state index contributed by atoms with van der Waals surface area (Å²) in [5, 5.41) is 13.8. The number of rotatable bonds is 6. The summed E-state index contributed by atoms with van der Waals surface area (Å²) in [7, 11) is 0. The van der Waals surface area contributed by atoms with Crippen molar-refractivity contribution < 1.29 is 14.1 Å². The van der Waals surface area contributed by atoms with Crippen LogP contribution in [-0.4, -0.2) is 56.9 Å². The highest BCUT2D eigenvalue weighted by molar-refractivity contribution is 5.93. The molecule has 2 aromatic rings. The first-order valence-electron chi connectivity index (χ1n) is 8.57. The fourth-order valence-electron chi connectivity index (χ4n) is 2.80. The van der Waals surface area contributed by atoms with Crippen LogP contribution in [0, 0.1) is 6.92 Å². The number of H-pyrrole nitrogens is 1. The van der Waals surface area contributed by atoms with E-state index in [1.807, 2.05) is 6.92 Å². The third-order valence-electron chi connectivity index (χ3n) is 4.23. The van der Waals surface area contributed by atoms with E-state index in [4.69, 9.17) is 9.26 Å². The highest BCUT2D eigenvalue weighted by atomic mass is 16.5. The molecule has 0 unspecified atom stereocenters. The van der Waals surface area contributed by atoms with Crippen LogP contribution in [-0.2, 0) is 16.0 Å². The standard InChI is InChI=1S/C16H24N6O3/c1-4-5-13-17-15(20-19-13)12-9-22(6-7-24-12)11(3)16(23)18-14-8-10(2)25-21-14/h8,11-12H,4-7,9H2,1-3H3,(H,17,19,20)(H,18,21,23)/t11-,12+/m1/s1. The van der Waals surface area contributed by atoms with Gasteiger partial charge in [0.15, 0.2) is 11.6 Å². The van der Waals surface area contributed by atoms with Gasteiger partial charge in [-0.15, -0.1) is 0 Å². The molecule has 25 heavy (non-hydrogen) atoms. The number of amides is 1. The second-order valence-corrected chi connectivity index (χ2v) is 6.23. The summed E-state index contributed by atoms with van der Waals surface area (Å²) in [6.07, 6.45) is 1.63. The van der Waals surface area contributed by atoms with Crippen LogP contribution in [0.3, 0.4) is 0 Å². The van der Waals surface area contributed by atoms with Crippen LogP contribution in [0.1, 0.15) is 43.8 Å². The molecule has 0 bridgehead atoms. The van der Waals surface area contributed by atoms with Gasteiger partial charge in [0.2, 0.25) is 5.91 Å². The molecule has 9 nitrogen and oxygen atoms in total. The first-order valence-corrected chi connectivity index (χ1v) is 8.57. The molecule has 2 aromatic heterocycles. The third kappa shape index (κ3) is 4.23. The summed E-state index contributed by atoms with van der Waals surface area (Å²) in [6, 6.07) is 1.37. The number of aryl methyl sites for hydroxylation is 2. The van der Waals surface area contributed by atoms with E-state index in [9.17, 15) is 4.79 Å². The number of carbonyl (C=O) groups is 1. The maximum absolute atomic E-state index is 12.4. The minimum absolute atomic E-state index is 0.129. The van der Waals surface area contributed by atoms with Crippen LogP contribution in [0.25, 0.3) is 0 Å². The Bertz CT molecular complexity index is 712. The lowest BCUT2D eigenvalue weighted by Gasteiger charge is -2.34. The van der Waals surface area contributed by atoms with Gasteiger partial charge in [0.25, 0.3) is 0 Å². The van der Waals surface area contributed by atoms with E-state index in [-0.39, 0.29) is 18.1 Å². The highest BCUT2D eigenvalue weighted by Crippen LogP contribution is 2.21. The summed E-state index contributed by atoms with van der Waals surface area (Å²) >= 11 is 0. The number of nitrogens with zero attached hydrogens (tertiary/aromatic N) is 4. The molecule has 1 fully saturated rings. The fourth-order valence-corrected chi connectivity index (χ4v) is 2.80. The Morgan fingerprint density at radius 1 is 1.56 bits per heavy atom. The van der Waals surface area contributed by atoms with Gasteiger partial charge < -0.3 is 14.6 Å². The normalized spacial score (nSPS) is 19.7. The second-order valence-electron chi connectivity index (χ2n) is 6.23. The Morgan fingerprint density at radius 3 is 3.12 bits per heavy atom. The van der Waals surface area contributed by atoms with Crippen LogP contribution < -0.4 is 5.32 Å². The van der Waals surface area contributed by atoms with E-state index in [2.05, 4.69) is 37.5 Å². The molecule has 0 spiro atoms. The summed E-state index contributed by atoms with van der Waals surface area (Å²) in [4.78, 5) is 19.0. The number of carbonyl (C=O) groups excluding carboxylic acids is 1. The van der Waals surface area contributed by atoms with Crippen LogP contribution in [0.15, 0.2) is 10.6 Å². The molecule has 1 aliphatic rings. The number of nitrogens with one attached hydrogen (secondary N) is 2. The van der Waals surface area contributed by atoms with Crippen molar-refractivity contribution in [1.29, 1.82) is 0 Å². The van der Waals surface area contributed by atoms with E-state index in [0.29, 0.717) is 37.1 Å². The van der Waals surface area contributed by atoms with Gasteiger partial charge in [0.05, 0.1) is 12.6 Å². The molecule has 3 rings (SSSR count). The zero-order valence-electron chi connectivity index (χ0n) is 14.8. The van der Waals surface area contributed by atoms with Crippen LogP contribution in [0.4, 0.5) is 5.82 Å². The summed E-state index contributed by atoms with van der Waals surface area (Å²) in [5.41, 5.74) is 0. The minimum Gasteiger partial charge on any atom is -0.367 e. The number of hydrogen-bond acceptors (Lipinski definition) is 7. The second kappa shape index (κ2) is 7.75. The van der Waals surface area contributed by atoms with Crippen LogP contribution >= 0.6 is 0 Å². The lowest BCUT2D eigenvalue weighted by atomic mass is 10.2. The number of anilines is 1. The molecular formula is C16H24N6O3. The minimum atomic E-state index is -0.322. The van der Waals surface area contributed by atoms with Gasteiger partial charge in [0, 0.05) is 25.6 Å². The van der Waals surface area contributed by atoms with E-state index < -0.39 is 0 Å². The molecule has 0 aliphatic carbocycles. The maximum atomic E-state index is 12.4. The van der Waals surface area contributed by atoms with Crippen molar-refractivity contribution in [2.75, 3.05) is 25.0 Å². The smallest absolute Gasteiger partial charge is 0.242 e. The summed E-state index contributed by atoms with van der Waals surface area (Å²) < 4.78 is 10.8. The Morgan fingerprint density at radius 2 is 2.40 bits per heavy atom. The van der Waals surface area contributed by atoms with Gasteiger partial charge in [-0.1, -0.05) is 12.1 Å². The zero-order chi connectivity index (χ0) is 17.8. The third-order valence-corrected chi connectivity index (χ3v) is 4.23. The zero-order valence-corrected chi connectivity index (χ0v) is 14.8. The van der Waals surface area contributed by atoms with Crippen LogP contribution in [0.2, 0.25) is 0 Å². The average molecular weight is 348 g/mol. The summed E-state index contributed by atoms with van der Waals surface area (Å²) in [5.74, 6) is 2.47. The summed E-state index contributed by atoms with van der Waals surface area (Å²) in [6.45, 7) is 7.51. The Balaban J connectivity index is 1.60. The first kappa shape index (κ1) is 17.6. The topological polar surface area (TPSA) is 109 Å². The average Bonchev–Trinajstić information content (AvgIpc) is 3.24. The molecule has 1 amide bonds. The Hall–Kier alpha value is -2.26. The van der Waals surface area contributed by atoms with E-state index in [1.54, 1.807) is 13.0 Å². The van der Waals surface area contributed by atoms with Gasteiger partial charge in [-0.3, -0.25) is 14.8 Å². The van der Waals surface area contributed by atoms with Gasteiger partial charge in [-0.05, 0) is 20.3 Å². The number of aromatic nitrogens is 4. The molecule has 0 aromatic carbocycles. The van der Waals surface area contributed by atoms with Crippen molar-refractivity contribution in [2.45, 2.75) is 45.8 Å². The largest absolute Gasteiger partial charge is 0.367 e. The molecule has 3 heterocycles. The first-order chi connectivity index (χ1) is 12.1. The van der Waals surface area contributed by atoms with Crippen LogP contribution in [0.5, 0.6) is 0 Å². The number of ether oxygens (including phenoxy) is 1. The molecule has 2 atom stereocenters. The van der Waals surface area contributed by atoms with Crippen molar-refractivity contribution >= 4 is 11.7 Å². The van der Waals surface area contributed by atoms with Crippen molar-refractivity contribution in [1.82, 2.24) is 25.2 Å². The predicted molar refractivity (Wildman–Crippen MR) is 90.0 cm³/mol. The molecule has 1 aliphatic heterocycles. The van der Waals surface area contributed by atoms with Crippen molar-refractivity contribution in [3.05, 3.63) is 23.5 Å². The molecular weight excluding hydrogens is 324 g/mol. The number of hydrogen-bond donors (Lipinski definition) is 2.